The molecule has 2 unspecified atom stereocenters. The summed E-state index contributed by atoms with van der Waals surface area (Å²) >= 11 is 0. The first kappa shape index (κ1) is 39.7. The number of hydrogen-bond donors (Lipinski definition) is 3. The van der Waals surface area contributed by atoms with Gasteiger partial charge in [0.15, 0.2) is 0 Å². The van der Waals surface area contributed by atoms with Crippen molar-refractivity contribution < 1.29 is 46.8 Å². The second-order valence-electron chi connectivity index (χ2n) is 15.4. The molecule has 3 aromatic rings. The molecule has 0 radical (unpaired) electrons. The summed E-state index contributed by atoms with van der Waals surface area (Å²) in [7, 11) is 0. The predicted octanol–water partition coefficient (Wildman–Crippen LogP) is 8.75. The average Bonchev–Trinajstić information content (AvgIpc) is 3.79. The summed E-state index contributed by atoms with van der Waals surface area (Å²) in [6, 6.07) is 5.78. The number of aliphatic carboxylic acids is 3. The number of carboxylic acids is 3. The zero-order valence-corrected chi connectivity index (χ0v) is 32.8. The van der Waals surface area contributed by atoms with Crippen molar-refractivity contribution in [3.05, 3.63) is 88.0 Å². The van der Waals surface area contributed by atoms with Crippen LogP contribution < -0.4 is 9.97 Å². The summed E-state index contributed by atoms with van der Waals surface area (Å²) in [6.07, 6.45) is 7.85. The Morgan fingerprint density at radius 3 is 1.93 bits per heavy atom. The van der Waals surface area contributed by atoms with E-state index in [0.29, 0.717) is 35.4 Å². The van der Waals surface area contributed by atoms with Crippen LogP contribution in [-0.4, -0.2) is 43.2 Å². The standard InChI is InChI=1S/C44H48N4O6.Fe/c1-7-29-21(3)33-19-36-30(8-2)23(5)42(47-36)41(27-14-25-13-26(15-27)17-28(16-25)44(53)54)43-24(6)32(10-12-40(51)52)38(48-43)20-37-31(9-11-39(49)50)22(4)34(46-37)18-35(29)45-33;/h7-8,18-20,25-28H,1-2,9-17H2,3-6H3,(H5,45,46,47,48,49,50,51,52,53,54);/q;+2/p-2/t25-,26+,27?,28?;. The van der Waals surface area contributed by atoms with Crippen LogP contribution in [0.2, 0.25) is 0 Å². The minimum atomic E-state index is -0.917. The third-order valence-corrected chi connectivity index (χ3v) is 12.1. The first-order chi connectivity index (χ1) is 25.8. The van der Waals surface area contributed by atoms with E-state index in [2.05, 4.69) is 20.1 Å². The molecule has 10 bridgehead atoms. The topological polar surface area (TPSA) is 166 Å². The van der Waals surface area contributed by atoms with Crippen LogP contribution >= 0.6 is 0 Å². The maximum atomic E-state index is 12.1. The summed E-state index contributed by atoms with van der Waals surface area (Å²) in [5.74, 6) is -2.35. The average molecular weight is 783 g/mol. The Hall–Kier alpha value is -4.99. The number of aromatic nitrogens is 4. The van der Waals surface area contributed by atoms with Crippen LogP contribution in [-0.2, 0) is 37.9 Å². The third-order valence-electron chi connectivity index (χ3n) is 12.1. The Bertz CT molecular complexity index is 2370. The van der Waals surface area contributed by atoms with Gasteiger partial charge in [0.1, 0.15) is 0 Å². The molecular formula is C44H46FeN4O6. The summed E-state index contributed by atoms with van der Waals surface area (Å²) in [5.41, 5.74) is 13.6. The largest absolute Gasteiger partial charge is 2.00 e. The molecule has 286 valence electrons. The van der Waals surface area contributed by atoms with Gasteiger partial charge in [-0.05, 0) is 119 Å². The van der Waals surface area contributed by atoms with E-state index in [1.165, 1.54) is 0 Å². The van der Waals surface area contributed by atoms with Gasteiger partial charge in [0, 0.05) is 18.4 Å². The van der Waals surface area contributed by atoms with Gasteiger partial charge in [-0.2, -0.15) is 0 Å². The molecular weight excluding hydrogens is 736 g/mol. The van der Waals surface area contributed by atoms with E-state index < -0.39 is 17.9 Å². The quantitative estimate of drug-likeness (QED) is 0.169. The molecule has 3 aromatic heterocycles. The van der Waals surface area contributed by atoms with Crippen molar-refractivity contribution in [2.24, 2.45) is 17.8 Å². The van der Waals surface area contributed by atoms with Gasteiger partial charge in [-0.1, -0.05) is 59.7 Å². The van der Waals surface area contributed by atoms with Crippen LogP contribution in [0.15, 0.2) is 37.4 Å². The van der Waals surface area contributed by atoms with E-state index in [-0.39, 0.29) is 66.4 Å². The van der Waals surface area contributed by atoms with Crippen LogP contribution in [0.25, 0.3) is 50.4 Å². The first-order valence-electron chi connectivity index (χ1n) is 18.8. The van der Waals surface area contributed by atoms with E-state index in [0.717, 1.165) is 91.6 Å². The molecule has 7 rings (SSSR count). The molecule has 10 nitrogen and oxygen atoms in total. The van der Waals surface area contributed by atoms with E-state index in [9.17, 15) is 29.7 Å². The van der Waals surface area contributed by atoms with E-state index in [1.807, 2.05) is 45.0 Å². The van der Waals surface area contributed by atoms with Gasteiger partial charge in [-0.25, -0.2) is 9.97 Å². The van der Waals surface area contributed by atoms with Gasteiger partial charge in [0.25, 0.3) is 0 Å². The van der Waals surface area contributed by atoms with Crippen LogP contribution in [0, 0.1) is 31.6 Å². The van der Waals surface area contributed by atoms with Crippen LogP contribution in [0.1, 0.15) is 122 Å². The molecule has 2 saturated carbocycles. The van der Waals surface area contributed by atoms with Crippen LogP contribution in [0.5, 0.6) is 0 Å². The Labute approximate surface area is 331 Å². The number of nitrogens with zero attached hydrogens (tertiary/aromatic N) is 4. The normalized spacial score (nSPS) is 20.6. The fourth-order valence-corrected chi connectivity index (χ4v) is 9.47. The van der Waals surface area contributed by atoms with E-state index >= 15 is 0 Å². The molecule has 11 heteroatoms. The van der Waals surface area contributed by atoms with Crippen molar-refractivity contribution in [1.29, 1.82) is 0 Å². The molecule has 0 saturated heterocycles. The van der Waals surface area contributed by atoms with Gasteiger partial charge < -0.3 is 25.3 Å². The number of allylic oxidation sites excluding steroid dienone is 5. The maximum absolute atomic E-state index is 12.1. The second kappa shape index (κ2) is 15.6. The molecule has 0 spiro atoms. The van der Waals surface area contributed by atoms with E-state index in [4.69, 9.17) is 19.9 Å². The van der Waals surface area contributed by atoms with Gasteiger partial charge in [-0.15, -0.1) is 22.1 Å². The SMILES string of the molecule is C=CC1=C(C)c2cc3[n-]c(c(C)c3C=C)c(C3C[C@H]4CC(C(=O)O)C[C@@H](C3)C4)c3[n-]c(cc4nc(cc1n2)C(C)=C4CCC(=O)O)c(CCC(=O)O)c3C.[Fe+2]. The Morgan fingerprint density at radius 1 is 0.727 bits per heavy atom. The molecule has 4 aliphatic rings. The number of hydrogen-bond acceptors (Lipinski definition) is 5. The van der Waals surface area contributed by atoms with Crippen LogP contribution in [0.4, 0.5) is 0 Å². The van der Waals surface area contributed by atoms with Crippen LogP contribution in [0.3, 0.4) is 0 Å². The van der Waals surface area contributed by atoms with Gasteiger partial charge in [-0.3, -0.25) is 14.4 Å². The molecule has 4 atom stereocenters. The smallest absolute Gasteiger partial charge is 0.657 e. The fraction of sp³-hybridized carbons (Fsp3) is 0.386. The number of carboxylic acid groups (broad SMARTS) is 3. The molecule has 5 heterocycles. The number of rotatable bonds is 10. The van der Waals surface area contributed by atoms with Gasteiger partial charge >= 0.3 is 35.0 Å². The summed E-state index contributed by atoms with van der Waals surface area (Å²) in [6.45, 7) is 16.3. The molecule has 2 aliphatic heterocycles. The molecule has 2 fully saturated rings. The zero-order valence-electron chi connectivity index (χ0n) is 31.7. The fourth-order valence-electron chi connectivity index (χ4n) is 9.47. The number of aryl methyl sites for hydroxylation is 3. The predicted molar refractivity (Wildman–Crippen MR) is 210 cm³/mol. The van der Waals surface area contributed by atoms with E-state index in [1.54, 1.807) is 6.08 Å². The Balaban J connectivity index is 0.00000514. The summed E-state index contributed by atoms with van der Waals surface area (Å²) < 4.78 is 0. The molecule has 2 aliphatic carbocycles. The zero-order chi connectivity index (χ0) is 38.6. The van der Waals surface area contributed by atoms with Crippen molar-refractivity contribution in [2.45, 2.75) is 91.4 Å². The van der Waals surface area contributed by atoms with Crippen molar-refractivity contribution in [3.8, 4) is 0 Å². The summed E-state index contributed by atoms with van der Waals surface area (Å²) in [4.78, 5) is 56.7. The second-order valence-corrected chi connectivity index (χ2v) is 15.4. The monoisotopic (exact) mass is 782 g/mol. The van der Waals surface area contributed by atoms with Gasteiger partial charge in [0.05, 0.1) is 28.7 Å². The maximum Gasteiger partial charge on any atom is 2.00 e. The molecule has 55 heavy (non-hydrogen) atoms. The Kier molecular flexibility index (Phi) is 11.3. The van der Waals surface area contributed by atoms with Crippen molar-refractivity contribution in [1.82, 2.24) is 19.9 Å². The van der Waals surface area contributed by atoms with Crippen molar-refractivity contribution in [2.75, 3.05) is 0 Å². The minimum absolute atomic E-state index is 0. The Morgan fingerprint density at radius 2 is 1.31 bits per heavy atom. The van der Waals surface area contributed by atoms with Crippen molar-refractivity contribution in [3.63, 3.8) is 0 Å². The first-order valence-corrected chi connectivity index (χ1v) is 18.8. The van der Waals surface area contributed by atoms with Crippen molar-refractivity contribution >= 4 is 68.3 Å². The molecule has 0 aromatic carbocycles. The van der Waals surface area contributed by atoms with Gasteiger partial charge in [0.2, 0.25) is 0 Å². The number of carbonyl (C=O) groups is 3. The molecule has 0 amide bonds. The minimum Gasteiger partial charge on any atom is -0.657 e. The number of fused-ring (bicyclic) bond motifs is 10. The summed E-state index contributed by atoms with van der Waals surface area (Å²) in [5, 5.41) is 29.4. The third kappa shape index (κ3) is 7.40. The molecule has 3 N–H and O–H groups in total.